The SMILES string of the molecule is Cc1nc2ccccn2c1CCC(=O)N1CCN(CCO)CC1. The first-order valence-corrected chi connectivity index (χ1v) is 8.22. The first-order chi connectivity index (χ1) is 11.2. The van der Waals surface area contributed by atoms with E-state index in [2.05, 4.69) is 14.3 Å². The van der Waals surface area contributed by atoms with E-state index in [1.54, 1.807) is 0 Å². The second-order valence-electron chi connectivity index (χ2n) is 6.02. The third kappa shape index (κ3) is 3.54. The molecule has 1 amide bonds. The van der Waals surface area contributed by atoms with E-state index in [9.17, 15) is 4.79 Å². The van der Waals surface area contributed by atoms with E-state index >= 15 is 0 Å². The van der Waals surface area contributed by atoms with E-state index in [4.69, 9.17) is 5.11 Å². The molecule has 6 heteroatoms. The van der Waals surface area contributed by atoms with Gasteiger partial charge in [0.1, 0.15) is 5.65 Å². The minimum atomic E-state index is 0.182. The molecule has 1 aliphatic rings. The average Bonchev–Trinajstić information content (AvgIpc) is 2.89. The van der Waals surface area contributed by atoms with E-state index in [1.807, 2.05) is 36.2 Å². The molecular formula is C17H24N4O2. The predicted octanol–water partition coefficient (Wildman–Crippen LogP) is 0.712. The Morgan fingerprint density at radius 2 is 2.04 bits per heavy atom. The summed E-state index contributed by atoms with van der Waals surface area (Å²) in [6.07, 6.45) is 3.24. The Hall–Kier alpha value is -1.92. The number of carbonyl (C=O) groups is 1. The fourth-order valence-electron chi connectivity index (χ4n) is 3.21. The van der Waals surface area contributed by atoms with Crippen molar-refractivity contribution in [1.82, 2.24) is 19.2 Å². The highest BCUT2D eigenvalue weighted by Gasteiger charge is 2.21. The molecule has 1 fully saturated rings. The Balaban J connectivity index is 1.58. The van der Waals surface area contributed by atoms with Crippen LogP contribution in [0.4, 0.5) is 0 Å². The minimum Gasteiger partial charge on any atom is -0.395 e. The number of rotatable bonds is 5. The number of amides is 1. The second kappa shape index (κ2) is 7.10. The van der Waals surface area contributed by atoms with Crippen LogP contribution in [0.25, 0.3) is 5.65 Å². The summed E-state index contributed by atoms with van der Waals surface area (Å²) in [6.45, 7) is 6.09. The van der Waals surface area contributed by atoms with Gasteiger partial charge in [-0.15, -0.1) is 0 Å². The number of aryl methyl sites for hydroxylation is 2. The molecule has 23 heavy (non-hydrogen) atoms. The minimum absolute atomic E-state index is 0.182. The third-order valence-electron chi connectivity index (χ3n) is 4.55. The lowest BCUT2D eigenvalue weighted by atomic mass is 10.1. The number of aromatic nitrogens is 2. The van der Waals surface area contributed by atoms with Crippen molar-refractivity contribution in [3.05, 3.63) is 35.8 Å². The zero-order valence-electron chi connectivity index (χ0n) is 13.6. The number of piperazine rings is 1. The molecule has 0 radical (unpaired) electrons. The van der Waals surface area contributed by atoms with E-state index in [-0.39, 0.29) is 12.5 Å². The van der Waals surface area contributed by atoms with Crippen LogP contribution in [-0.4, -0.2) is 69.5 Å². The Morgan fingerprint density at radius 1 is 1.26 bits per heavy atom. The zero-order valence-corrected chi connectivity index (χ0v) is 13.6. The van der Waals surface area contributed by atoms with Crippen molar-refractivity contribution in [1.29, 1.82) is 0 Å². The normalized spacial score (nSPS) is 16.2. The van der Waals surface area contributed by atoms with Crippen molar-refractivity contribution in [2.24, 2.45) is 0 Å². The largest absolute Gasteiger partial charge is 0.395 e. The Morgan fingerprint density at radius 3 is 2.78 bits per heavy atom. The van der Waals surface area contributed by atoms with Crippen molar-refractivity contribution in [2.45, 2.75) is 19.8 Å². The summed E-state index contributed by atoms with van der Waals surface area (Å²) in [4.78, 5) is 21.1. The van der Waals surface area contributed by atoms with Crippen LogP contribution in [0.2, 0.25) is 0 Å². The fourth-order valence-corrected chi connectivity index (χ4v) is 3.21. The van der Waals surface area contributed by atoms with Gasteiger partial charge in [-0.05, 0) is 25.5 Å². The highest BCUT2D eigenvalue weighted by molar-refractivity contribution is 5.76. The number of carbonyl (C=O) groups excluding carboxylic acids is 1. The molecule has 1 N–H and O–H groups in total. The summed E-state index contributed by atoms with van der Waals surface area (Å²) in [5, 5.41) is 8.97. The lowest BCUT2D eigenvalue weighted by molar-refractivity contribution is -0.132. The molecule has 0 atom stereocenters. The number of aliphatic hydroxyl groups is 1. The number of hydrogen-bond donors (Lipinski definition) is 1. The van der Waals surface area contributed by atoms with Crippen LogP contribution in [0.5, 0.6) is 0 Å². The first kappa shape index (κ1) is 16.0. The van der Waals surface area contributed by atoms with Gasteiger partial charge < -0.3 is 14.4 Å². The maximum atomic E-state index is 12.4. The molecule has 3 heterocycles. The lowest BCUT2D eigenvalue weighted by Gasteiger charge is -2.34. The zero-order chi connectivity index (χ0) is 16.2. The highest BCUT2D eigenvalue weighted by Crippen LogP contribution is 2.14. The Kier molecular flexibility index (Phi) is 4.93. The standard InChI is InChI=1S/C17H24N4O2/c1-14-15(21-7-3-2-4-16(21)18-14)5-6-17(23)20-10-8-19(9-11-20)12-13-22/h2-4,7,22H,5-6,8-13H2,1H3. The van der Waals surface area contributed by atoms with E-state index < -0.39 is 0 Å². The van der Waals surface area contributed by atoms with Gasteiger partial charge in [0.25, 0.3) is 0 Å². The summed E-state index contributed by atoms with van der Waals surface area (Å²) in [7, 11) is 0. The summed E-state index contributed by atoms with van der Waals surface area (Å²) in [5.41, 5.74) is 3.05. The molecule has 6 nitrogen and oxygen atoms in total. The maximum absolute atomic E-state index is 12.4. The summed E-state index contributed by atoms with van der Waals surface area (Å²) in [5.74, 6) is 0.207. The number of imidazole rings is 1. The van der Waals surface area contributed by atoms with Crippen LogP contribution in [-0.2, 0) is 11.2 Å². The molecular weight excluding hydrogens is 292 g/mol. The van der Waals surface area contributed by atoms with Gasteiger partial charge in [0.15, 0.2) is 0 Å². The average molecular weight is 316 g/mol. The second-order valence-corrected chi connectivity index (χ2v) is 6.02. The van der Waals surface area contributed by atoms with E-state index in [0.29, 0.717) is 19.4 Å². The van der Waals surface area contributed by atoms with Crippen molar-refractivity contribution in [3.8, 4) is 0 Å². The highest BCUT2D eigenvalue weighted by atomic mass is 16.3. The predicted molar refractivity (Wildman–Crippen MR) is 88.4 cm³/mol. The van der Waals surface area contributed by atoms with Crippen LogP contribution in [0.3, 0.4) is 0 Å². The molecule has 3 rings (SSSR count). The molecule has 0 spiro atoms. The quantitative estimate of drug-likeness (QED) is 0.883. The smallest absolute Gasteiger partial charge is 0.223 e. The van der Waals surface area contributed by atoms with Gasteiger partial charge in [-0.2, -0.15) is 0 Å². The Labute approximate surface area is 136 Å². The van der Waals surface area contributed by atoms with Crippen LogP contribution < -0.4 is 0 Å². The Bertz CT molecular complexity index is 674. The summed E-state index contributed by atoms with van der Waals surface area (Å²) < 4.78 is 2.07. The van der Waals surface area contributed by atoms with Gasteiger partial charge in [-0.1, -0.05) is 6.07 Å². The van der Waals surface area contributed by atoms with Gasteiger partial charge in [0.2, 0.25) is 5.91 Å². The monoisotopic (exact) mass is 316 g/mol. The molecule has 0 saturated carbocycles. The van der Waals surface area contributed by atoms with Crippen molar-refractivity contribution in [2.75, 3.05) is 39.3 Å². The molecule has 0 bridgehead atoms. The molecule has 0 aromatic carbocycles. The third-order valence-corrected chi connectivity index (χ3v) is 4.55. The first-order valence-electron chi connectivity index (χ1n) is 8.22. The van der Waals surface area contributed by atoms with Crippen molar-refractivity contribution in [3.63, 3.8) is 0 Å². The fraction of sp³-hybridized carbons (Fsp3) is 0.529. The topological polar surface area (TPSA) is 61.1 Å². The lowest BCUT2D eigenvalue weighted by Crippen LogP contribution is -2.49. The molecule has 0 unspecified atom stereocenters. The number of fused-ring (bicyclic) bond motifs is 1. The van der Waals surface area contributed by atoms with Gasteiger partial charge in [-0.25, -0.2) is 4.98 Å². The van der Waals surface area contributed by atoms with E-state index in [1.165, 1.54) is 0 Å². The maximum Gasteiger partial charge on any atom is 0.223 e. The van der Waals surface area contributed by atoms with Gasteiger partial charge in [-0.3, -0.25) is 9.69 Å². The molecule has 1 aliphatic heterocycles. The summed E-state index contributed by atoms with van der Waals surface area (Å²) in [6, 6.07) is 5.95. The molecule has 2 aromatic heterocycles. The number of β-amino-alcohol motifs (C(OH)–C–C–N with tert-alkyl or cyclic N) is 1. The molecule has 124 valence electrons. The molecule has 2 aromatic rings. The molecule has 1 saturated heterocycles. The van der Waals surface area contributed by atoms with Gasteiger partial charge >= 0.3 is 0 Å². The number of hydrogen-bond acceptors (Lipinski definition) is 4. The van der Waals surface area contributed by atoms with E-state index in [0.717, 1.165) is 43.2 Å². The van der Waals surface area contributed by atoms with Crippen LogP contribution in [0.15, 0.2) is 24.4 Å². The van der Waals surface area contributed by atoms with Crippen LogP contribution in [0.1, 0.15) is 17.8 Å². The van der Waals surface area contributed by atoms with Crippen molar-refractivity contribution < 1.29 is 9.90 Å². The van der Waals surface area contributed by atoms with Crippen molar-refractivity contribution >= 4 is 11.6 Å². The van der Waals surface area contributed by atoms with Gasteiger partial charge in [0.05, 0.1) is 12.3 Å². The number of nitrogens with zero attached hydrogens (tertiary/aromatic N) is 4. The number of pyridine rings is 1. The van der Waals surface area contributed by atoms with Crippen LogP contribution in [0, 0.1) is 6.92 Å². The van der Waals surface area contributed by atoms with Gasteiger partial charge in [0, 0.05) is 51.0 Å². The summed E-state index contributed by atoms with van der Waals surface area (Å²) >= 11 is 0. The molecule has 0 aliphatic carbocycles. The van der Waals surface area contributed by atoms with Crippen LogP contribution >= 0.6 is 0 Å². The number of aliphatic hydroxyl groups excluding tert-OH is 1.